The van der Waals surface area contributed by atoms with E-state index in [4.69, 9.17) is 5.14 Å². The van der Waals surface area contributed by atoms with E-state index in [1.54, 1.807) is 19.2 Å². The van der Waals surface area contributed by atoms with Crippen molar-refractivity contribution in [2.45, 2.75) is 11.8 Å². The molecule has 0 aromatic carbocycles. The zero-order valence-corrected chi connectivity index (χ0v) is 11.7. The molecule has 0 aliphatic rings. The van der Waals surface area contributed by atoms with Crippen LogP contribution in [0, 0.1) is 6.92 Å². The second-order valence-corrected chi connectivity index (χ2v) is 5.80. The number of aryl methyl sites for hydroxylation is 2. The number of amides is 1. The second-order valence-electron chi connectivity index (χ2n) is 4.27. The van der Waals surface area contributed by atoms with E-state index in [2.05, 4.69) is 15.4 Å². The predicted molar refractivity (Wildman–Crippen MR) is 71.5 cm³/mol. The summed E-state index contributed by atoms with van der Waals surface area (Å²) in [6, 6.07) is 1.63. The van der Waals surface area contributed by atoms with Crippen LogP contribution in [0.25, 0.3) is 0 Å². The molecule has 0 fully saturated rings. The molecule has 2 heterocycles. The summed E-state index contributed by atoms with van der Waals surface area (Å²) in [6.45, 7) is 1.79. The Morgan fingerprint density at radius 1 is 1.40 bits per heavy atom. The molecule has 106 valence electrons. The zero-order chi connectivity index (χ0) is 14.9. The first-order valence-corrected chi connectivity index (χ1v) is 7.11. The average Bonchev–Trinajstić information content (AvgIpc) is 2.70. The van der Waals surface area contributed by atoms with Crippen molar-refractivity contribution in [2.75, 3.05) is 5.32 Å². The van der Waals surface area contributed by atoms with Crippen molar-refractivity contribution >= 4 is 21.7 Å². The summed E-state index contributed by atoms with van der Waals surface area (Å²) in [6.07, 6.45) is 4.20. The largest absolute Gasteiger partial charge is 0.304 e. The van der Waals surface area contributed by atoms with Gasteiger partial charge in [-0.25, -0.2) is 13.6 Å². The number of nitrogens with zero attached hydrogens (tertiary/aromatic N) is 3. The molecule has 2 rings (SSSR count). The number of hydrogen-bond acceptors (Lipinski definition) is 5. The van der Waals surface area contributed by atoms with Gasteiger partial charge in [-0.15, -0.1) is 0 Å². The van der Waals surface area contributed by atoms with Crippen molar-refractivity contribution < 1.29 is 13.2 Å². The quantitative estimate of drug-likeness (QED) is 0.827. The third kappa shape index (κ3) is 3.00. The summed E-state index contributed by atoms with van der Waals surface area (Å²) in [7, 11) is -2.44. The lowest BCUT2D eigenvalue weighted by molar-refractivity contribution is 0.102. The molecule has 2 aromatic heterocycles. The Balaban J connectivity index is 2.34. The van der Waals surface area contributed by atoms with Crippen molar-refractivity contribution in [3.05, 3.63) is 35.8 Å². The summed E-state index contributed by atoms with van der Waals surface area (Å²) >= 11 is 0. The number of sulfonamides is 1. The topological polar surface area (TPSA) is 120 Å². The van der Waals surface area contributed by atoms with Crippen molar-refractivity contribution in [1.82, 2.24) is 14.8 Å². The summed E-state index contributed by atoms with van der Waals surface area (Å²) in [5.41, 5.74) is 1.11. The van der Waals surface area contributed by atoms with Crippen LogP contribution in [-0.4, -0.2) is 29.1 Å². The average molecular weight is 295 g/mol. The molecule has 3 N–H and O–H groups in total. The highest BCUT2D eigenvalue weighted by Gasteiger charge is 2.20. The van der Waals surface area contributed by atoms with Crippen molar-refractivity contribution in [2.24, 2.45) is 12.2 Å². The molecule has 0 spiro atoms. The maximum absolute atomic E-state index is 12.0. The van der Waals surface area contributed by atoms with Crippen molar-refractivity contribution in [3.8, 4) is 0 Å². The molecule has 0 saturated heterocycles. The molecule has 2 aromatic rings. The third-order valence-corrected chi connectivity index (χ3v) is 3.38. The van der Waals surface area contributed by atoms with E-state index >= 15 is 0 Å². The maximum atomic E-state index is 12.0. The first-order chi connectivity index (χ1) is 9.27. The number of hydrogen-bond donors (Lipinski definition) is 2. The number of anilines is 1. The fraction of sp³-hybridized carbons (Fsp3) is 0.182. The highest BCUT2D eigenvalue weighted by Crippen LogP contribution is 2.18. The Labute approximate surface area is 115 Å². The molecule has 0 unspecified atom stereocenters. The Kier molecular flexibility index (Phi) is 3.55. The highest BCUT2D eigenvalue weighted by atomic mass is 32.2. The van der Waals surface area contributed by atoms with E-state index in [9.17, 15) is 13.2 Å². The molecular formula is C11H13N5O3S. The molecule has 20 heavy (non-hydrogen) atoms. The van der Waals surface area contributed by atoms with Gasteiger partial charge in [-0.1, -0.05) is 0 Å². The van der Waals surface area contributed by atoms with Gasteiger partial charge in [-0.05, 0) is 18.6 Å². The summed E-state index contributed by atoms with van der Waals surface area (Å²) < 4.78 is 24.1. The molecule has 0 aliphatic carbocycles. The van der Waals surface area contributed by atoms with Gasteiger partial charge >= 0.3 is 0 Å². The molecule has 0 aliphatic heterocycles. The molecule has 0 atom stereocenters. The smallest absolute Gasteiger partial charge is 0.258 e. The molecule has 1 amide bonds. The third-order valence-electron chi connectivity index (χ3n) is 2.47. The number of nitrogens with one attached hydrogen (secondary N) is 1. The van der Waals surface area contributed by atoms with E-state index in [1.807, 2.05) is 0 Å². The van der Waals surface area contributed by atoms with Gasteiger partial charge < -0.3 is 5.32 Å². The van der Waals surface area contributed by atoms with Crippen LogP contribution in [0.3, 0.4) is 0 Å². The van der Waals surface area contributed by atoms with Gasteiger partial charge in [-0.3, -0.25) is 14.5 Å². The van der Waals surface area contributed by atoms with Gasteiger partial charge in [0.2, 0.25) is 10.0 Å². The Morgan fingerprint density at radius 3 is 2.70 bits per heavy atom. The molecule has 0 saturated carbocycles. The second kappa shape index (κ2) is 5.02. The number of aromatic nitrogens is 3. The van der Waals surface area contributed by atoms with E-state index in [1.165, 1.54) is 24.1 Å². The van der Waals surface area contributed by atoms with Crippen LogP contribution in [0.15, 0.2) is 29.6 Å². The van der Waals surface area contributed by atoms with Gasteiger partial charge in [-0.2, -0.15) is 5.10 Å². The fourth-order valence-corrected chi connectivity index (χ4v) is 2.28. The molecule has 8 nitrogen and oxygen atoms in total. The minimum absolute atomic E-state index is 0.110. The first kappa shape index (κ1) is 14.2. The lowest BCUT2D eigenvalue weighted by atomic mass is 10.2. The van der Waals surface area contributed by atoms with Crippen LogP contribution < -0.4 is 10.5 Å². The van der Waals surface area contributed by atoms with E-state index in [-0.39, 0.29) is 10.7 Å². The fourth-order valence-electron chi connectivity index (χ4n) is 1.62. The number of rotatable bonds is 3. The van der Waals surface area contributed by atoms with Crippen molar-refractivity contribution in [3.63, 3.8) is 0 Å². The molecule has 9 heteroatoms. The van der Waals surface area contributed by atoms with Crippen LogP contribution in [0.2, 0.25) is 0 Å². The predicted octanol–water partition coefficient (Wildman–Crippen LogP) is 0.0232. The molecule has 0 bridgehead atoms. The minimum Gasteiger partial charge on any atom is -0.304 e. The van der Waals surface area contributed by atoms with Gasteiger partial charge in [0.25, 0.3) is 5.91 Å². The Bertz CT molecular complexity index is 766. The minimum atomic E-state index is -3.96. The van der Waals surface area contributed by atoms with Crippen molar-refractivity contribution in [1.29, 1.82) is 0 Å². The van der Waals surface area contributed by atoms with Gasteiger partial charge in [0.1, 0.15) is 4.90 Å². The Morgan fingerprint density at radius 2 is 2.10 bits per heavy atom. The first-order valence-electron chi connectivity index (χ1n) is 5.57. The monoisotopic (exact) mass is 295 g/mol. The summed E-state index contributed by atoms with van der Waals surface area (Å²) in [5.74, 6) is -0.619. The standard InChI is InChI=1S/C11H13N5O3S/c1-7-3-8(5-13-4-7)11(17)14-10-9(20(12,18)19)6-16(2)15-10/h3-6H,1-2H3,(H2,12,18,19)(H,14,15,17). The number of carbonyl (C=O) groups is 1. The van der Waals surface area contributed by atoms with Gasteiger partial charge in [0.15, 0.2) is 5.82 Å². The summed E-state index contributed by atoms with van der Waals surface area (Å²) in [5, 5.41) is 11.3. The van der Waals surface area contributed by atoms with E-state index < -0.39 is 15.9 Å². The van der Waals surface area contributed by atoms with Gasteiger partial charge in [0, 0.05) is 25.6 Å². The Hall–Kier alpha value is -2.26. The van der Waals surface area contributed by atoms with Crippen LogP contribution in [0.1, 0.15) is 15.9 Å². The lowest BCUT2D eigenvalue weighted by Crippen LogP contribution is -2.18. The van der Waals surface area contributed by atoms with Crippen LogP contribution >= 0.6 is 0 Å². The van der Waals surface area contributed by atoms with E-state index in [0.29, 0.717) is 5.56 Å². The number of pyridine rings is 1. The SMILES string of the molecule is Cc1cncc(C(=O)Nc2nn(C)cc2S(N)(=O)=O)c1. The number of primary sulfonamides is 1. The molecule has 0 radical (unpaired) electrons. The van der Waals surface area contributed by atoms with E-state index in [0.717, 1.165) is 5.56 Å². The normalized spacial score (nSPS) is 11.3. The van der Waals surface area contributed by atoms with Gasteiger partial charge in [0.05, 0.1) is 5.56 Å². The summed E-state index contributed by atoms with van der Waals surface area (Å²) in [4.78, 5) is 15.7. The van der Waals surface area contributed by atoms with Crippen LogP contribution in [0.4, 0.5) is 5.82 Å². The molecular weight excluding hydrogens is 282 g/mol. The van der Waals surface area contributed by atoms with Crippen LogP contribution in [-0.2, 0) is 17.1 Å². The lowest BCUT2D eigenvalue weighted by Gasteiger charge is -2.04. The van der Waals surface area contributed by atoms with Crippen LogP contribution in [0.5, 0.6) is 0 Å². The highest BCUT2D eigenvalue weighted by molar-refractivity contribution is 7.89. The zero-order valence-electron chi connectivity index (χ0n) is 10.9. The number of carbonyl (C=O) groups excluding carboxylic acids is 1. The number of nitrogens with two attached hydrogens (primary N) is 1. The maximum Gasteiger partial charge on any atom is 0.258 e.